The van der Waals surface area contributed by atoms with Gasteiger partial charge in [0.1, 0.15) is 0 Å². The summed E-state index contributed by atoms with van der Waals surface area (Å²) in [6.07, 6.45) is 0. The third-order valence-electron chi connectivity index (χ3n) is 5.14. The van der Waals surface area contributed by atoms with Crippen LogP contribution < -0.4 is 10.6 Å². The Bertz CT molecular complexity index is 755. The van der Waals surface area contributed by atoms with Crippen molar-refractivity contribution in [2.24, 2.45) is 10.9 Å². The molecule has 0 saturated carbocycles. The third kappa shape index (κ3) is 5.68. The molecule has 27 heavy (non-hydrogen) atoms. The van der Waals surface area contributed by atoms with Crippen LogP contribution >= 0.6 is 0 Å². The standard InChI is InChI=1S/C22H32N4O/c1-17(16-26-10-12-27-13-11-26)15-24-22(23-3)25-18(2)20-9-8-19-6-4-5-7-21(19)14-20/h4-9,14,17-18H,10-13,15-16H2,1-3H3,(H2,23,24,25). The number of nitrogens with one attached hydrogen (secondary N) is 2. The number of aliphatic imine (C=N–C) groups is 1. The fraction of sp³-hybridized carbons (Fsp3) is 0.500. The molecule has 2 aromatic carbocycles. The lowest BCUT2D eigenvalue weighted by atomic mass is 10.0. The Kier molecular flexibility index (Phi) is 7.07. The number of morpholine rings is 1. The van der Waals surface area contributed by atoms with Crippen LogP contribution in [0.15, 0.2) is 47.5 Å². The van der Waals surface area contributed by atoms with Gasteiger partial charge in [-0.05, 0) is 35.2 Å². The number of hydrogen-bond acceptors (Lipinski definition) is 3. The average molecular weight is 369 g/mol. The minimum absolute atomic E-state index is 0.190. The second-order valence-electron chi connectivity index (χ2n) is 7.44. The van der Waals surface area contributed by atoms with Gasteiger partial charge >= 0.3 is 0 Å². The SMILES string of the molecule is CN=C(NCC(C)CN1CCOCC1)NC(C)c1ccc2ccccc2c1. The normalized spacial score (nSPS) is 18.3. The molecule has 5 nitrogen and oxygen atoms in total. The maximum absolute atomic E-state index is 5.42. The zero-order chi connectivity index (χ0) is 19.1. The summed E-state index contributed by atoms with van der Waals surface area (Å²) in [4.78, 5) is 6.87. The van der Waals surface area contributed by atoms with Gasteiger partial charge < -0.3 is 15.4 Å². The first-order valence-corrected chi connectivity index (χ1v) is 9.91. The molecule has 2 N–H and O–H groups in total. The molecule has 3 rings (SSSR count). The zero-order valence-corrected chi connectivity index (χ0v) is 16.7. The van der Waals surface area contributed by atoms with Gasteiger partial charge in [-0.15, -0.1) is 0 Å². The lowest BCUT2D eigenvalue weighted by Gasteiger charge is -2.29. The molecule has 1 heterocycles. The molecule has 1 fully saturated rings. The van der Waals surface area contributed by atoms with Crippen LogP contribution in [0.25, 0.3) is 10.8 Å². The summed E-state index contributed by atoms with van der Waals surface area (Å²) in [6.45, 7) is 10.2. The Balaban J connectivity index is 1.51. The minimum Gasteiger partial charge on any atom is -0.379 e. The Morgan fingerprint density at radius 3 is 2.59 bits per heavy atom. The molecule has 0 spiro atoms. The first kappa shape index (κ1) is 19.6. The molecular formula is C22H32N4O. The van der Waals surface area contributed by atoms with E-state index < -0.39 is 0 Å². The molecule has 0 bridgehead atoms. The highest BCUT2D eigenvalue weighted by atomic mass is 16.5. The summed E-state index contributed by atoms with van der Waals surface area (Å²) < 4.78 is 5.42. The second-order valence-corrected chi connectivity index (χ2v) is 7.44. The van der Waals surface area contributed by atoms with Crippen molar-refractivity contribution in [1.82, 2.24) is 15.5 Å². The highest BCUT2D eigenvalue weighted by molar-refractivity contribution is 5.84. The summed E-state index contributed by atoms with van der Waals surface area (Å²) in [5.74, 6) is 1.40. The highest BCUT2D eigenvalue weighted by Gasteiger charge is 2.14. The van der Waals surface area contributed by atoms with Crippen molar-refractivity contribution in [2.75, 3.05) is 46.4 Å². The van der Waals surface area contributed by atoms with E-state index in [1.54, 1.807) is 0 Å². The van der Waals surface area contributed by atoms with Gasteiger partial charge in [0.05, 0.1) is 19.3 Å². The molecule has 2 atom stereocenters. The van der Waals surface area contributed by atoms with Crippen LogP contribution in [0.4, 0.5) is 0 Å². The lowest BCUT2D eigenvalue weighted by molar-refractivity contribution is 0.0320. The molecule has 1 saturated heterocycles. The van der Waals surface area contributed by atoms with Crippen molar-refractivity contribution < 1.29 is 4.74 Å². The molecule has 0 amide bonds. The van der Waals surface area contributed by atoms with Gasteiger partial charge in [0.2, 0.25) is 0 Å². The van der Waals surface area contributed by atoms with Crippen molar-refractivity contribution in [3.63, 3.8) is 0 Å². The molecule has 5 heteroatoms. The van der Waals surface area contributed by atoms with Gasteiger partial charge in [-0.2, -0.15) is 0 Å². The van der Waals surface area contributed by atoms with E-state index in [-0.39, 0.29) is 6.04 Å². The van der Waals surface area contributed by atoms with Crippen molar-refractivity contribution in [3.8, 4) is 0 Å². The van der Waals surface area contributed by atoms with E-state index >= 15 is 0 Å². The van der Waals surface area contributed by atoms with Crippen LogP contribution in [0.3, 0.4) is 0 Å². The summed E-state index contributed by atoms with van der Waals surface area (Å²) in [5.41, 5.74) is 1.26. The van der Waals surface area contributed by atoms with E-state index in [2.05, 4.69) is 76.8 Å². The predicted molar refractivity (Wildman–Crippen MR) is 113 cm³/mol. The van der Waals surface area contributed by atoms with E-state index in [9.17, 15) is 0 Å². The molecule has 1 aliphatic heterocycles. The van der Waals surface area contributed by atoms with Gasteiger partial charge in [0.25, 0.3) is 0 Å². The average Bonchev–Trinajstić information content (AvgIpc) is 2.71. The van der Waals surface area contributed by atoms with Gasteiger partial charge in [-0.25, -0.2) is 0 Å². The van der Waals surface area contributed by atoms with Crippen LogP contribution in [-0.4, -0.2) is 57.3 Å². The Morgan fingerprint density at radius 1 is 1.11 bits per heavy atom. The third-order valence-corrected chi connectivity index (χ3v) is 5.14. The number of guanidine groups is 1. The fourth-order valence-corrected chi connectivity index (χ4v) is 3.52. The Labute approximate surface area is 162 Å². The monoisotopic (exact) mass is 368 g/mol. The number of nitrogens with zero attached hydrogens (tertiary/aromatic N) is 2. The fourth-order valence-electron chi connectivity index (χ4n) is 3.52. The van der Waals surface area contributed by atoms with Crippen LogP contribution in [0.1, 0.15) is 25.5 Å². The molecule has 2 aromatic rings. The molecule has 146 valence electrons. The first-order valence-electron chi connectivity index (χ1n) is 9.91. The van der Waals surface area contributed by atoms with Gasteiger partial charge in [0.15, 0.2) is 5.96 Å². The molecule has 0 aliphatic carbocycles. The van der Waals surface area contributed by atoms with Crippen LogP contribution in [0.2, 0.25) is 0 Å². The van der Waals surface area contributed by atoms with Crippen LogP contribution in [-0.2, 0) is 4.74 Å². The van der Waals surface area contributed by atoms with E-state index in [0.717, 1.165) is 45.4 Å². The Hall–Kier alpha value is -2.11. The summed E-state index contributed by atoms with van der Waals surface area (Å²) in [6, 6.07) is 15.3. The molecule has 0 aromatic heterocycles. The predicted octanol–water partition coefficient (Wildman–Crippen LogP) is 3.03. The smallest absolute Gasteiger partial charge is 0.191 e. The van der Waals surface area contributed by atoms with Crippen molar-refractivity contribution in [3.05, 3.63) is 48.0 Å². The molecule has 1 aliphatic rings. The van der Waals surface area contributed by atoms with Crippen LogP contribution in [0.5, 0.6) is 0 Å². The lowest BCUT2D eigenvalue weighted by Crippen LogP contribution is -2.44. The number of ether oxygens (including phenoxy) is 1. The summed E-state index contributed by atoms with van der Waals surface area (Å²) in [7, 11) is 1.83. The van der Waals surface area contributed by atoms with Crippen molar-refractivity contribution >= 4 is 16.7 Å². The molecule has 0 radical (unpaired) electrons. The Morgan fingerprint density at radius 2 is 1.85 bits per heavy atom. The second kappa shape index (κ2) is 9.72. The van der Waals surface area contributed by atoms with Gasteiger partial charge in [0, 0.05) is 33.2 Å². The first-order chi connectivity index (χ1) is 13.2. The van der Waals surface area contributed by atoms with Crippen molar-refractivity contribution in [2.45, 2.75) is 19.9 Å². The summed E-state index contributed by atoms with van der Waals surface area (Å²) in [5, 5.41) is 9.53. The van der Waals surface area contributed by atoms with Crippen LogP contribution in [0, 0.1) is 5.92 Å². The van der Waals surface area contributed by atoms with Gasteiger partial charge in [-0.3, -0.25) is 9.89 Å². The molecular weight excluding hydrogens is 336 g/mol. The maximum atomic E-state index is 5.42. The molecule has 2 unspecified atom stereocenters. The number of hydrogen-bond donors (Lipinski definition) is 2. The quantitative estimate of drug-likeness (QED) is 0.608. The minimum atomic E-state index is 0.190. The number of benzene rings is 2. The van der Waals surface area contributed by atoms with E-state index in [4.69, 9.17) is 4.74 Å². The van der Waals surface area contributed by atoms with Gasteiger partial charge in [-0.1, -0.05) is 43.3 Å². The summed E-state index contributed by atoms with van der Waals surface area (Å²) >= 11 is 0. The van der Waals surface area contributed by atoms with Crippen molar-refractivity contribution in [1.29, 1.82) is 0 Å². The number of rotatable bonds is 6. The zero-order valence-electron chi connectivity index (χ0n) is 16.7. The maximum Gasteiger partial charge on any atom is 0.191 e. The van der Waals surface area contributed by atoms with E-state index in [1.807, 2.05) is 7.05 Å². The van der Waals surface area contributed by atoms with E-state index in [0.29, 0.717) is 5.92 Å². The largest absolute Gasteiger partial charge is 0.379 e. The highest BCUT2D eigenvalue weighted by Crippen LogP contribution is 2.20. The van der Waals surface area contributed by atoms with E-state index in [1.165, 1.54) is 16.3 Å². The topological polar surface area (TPSA) is 48.9 Å². The number of fused-ring (bicyclic) bond motifs is 1.